The molecule has 0 spiro atoms. The number of carbonyl (C=O) groups excluding carboxylic acids is 2. The zero-order chi connectivity index (χ0) is 15.5. The van der Waals surface area contributed by atoms with Gasteiger partial charge in [-0.15, -0.1) is 0 Å². The van der Waals surface area contributed by atoms with Crippen molar-refractivity contribution < 1.29 is 14.3 Å². The first kappa shape index (κ1) is 16.9. The van der Waals surface area contributed by atoms with Crippen LogP contribution in [0.3, 0.4) is 0 Å². The Balaban J connectivity index is 2.39. The molecule has 3 heteroatoms. The number of ether oxygens (including phenoxy) is 1. The van der Waals surface area contributed by atoms with E-state index in [9.17, 15) is 9.59 Å². The minimum absolute atomic E-state index is 0.334. The van der Waals surface area contributed by atoms with Crippen LogP contribution in [0, 0.1) is 0 Å². The molecule has 0 atom stereocenters. The summed E-state index contributed by atoms with van der Waals surface area (Å²) in [7, 11) is 0. The fourth-order valence-corrected chi connectivity index (χ4v) is 1.78. The molecule has 0 fully saturated rings. The van der Waals surface area contributed by atoms with E-state index in [-0.39, 0.29) is 0 Å². The van der Waals surface area contributed by atoms with Crippen molar-refractivity contribution in [1.82, 2.24) is 0 Å². The van der Waals surface area contributed by atoms with Gasteiger partial charge in [0.15, 0.2) is 0 Å². The summed E-state index contributed by atoms with van der Waals surface area (Å²) in [6.07, 6.45) is 5.67. The number of aryl methyl sites for hydroxylation is 1. The van der Waals surface area contributed by atoms with Crippen molar-refractivity contribution in [3.05, 3.63) is 58.9 Å². The SMILES string of the molecule is CC(C=O)=C(C)CO/C=C(/C=O)CCCc1ccccc1. The van der Waals surface area contributed by atoms with E-state index in [1.54, 1.807) is 6.92 Å². The van der Waals surface area contributed by atoms with E-state index in [4.69, 9.17) is 4.74 Å². The summed E-state index contributed by atoms with van der Waals surface area (Å²) in [5.74, 6) is 0. The van der Waals surface area contributed by atoms with Crippen LogP contribution in [-0.2, 0) is 20.7 Å². The Bertz CT molecular complexity index is 513. The van der Waals surface area contributed by atoms with Gasteiger partial charge in [0.05, 0.1) is 6.26 Å². The van der Waals surface area contributed by atoms with Crippen molar-refractivity contribution in [2.45, 2.75) is 33.1 Å². The third-order valence-electron chi connectivity index (χ3n) is 3.31. The number of rotatable bonds is 9. The molecule has 0 N–H and O–H groups in total. The maximum absolute atomic E-state index is 11.0. The van der Waals surface area contributed by atoms with E-state index in [1.807, 2.05) is 25.1 Å². The van der Waals surface area contributed by atoms with Crippen LogP contribution in [0.2, 0.25) is 0 Å². The van der Waals surface area contributed by atoms with Gasteiger partial charge < -0.3 is 4.74 Å². The molecule has 0 bridgehead atoms. The zero-order valence-corrected chi connectivity index (χ0v) is 12.7. The number of hydrogen-bond acceptors (Lipinski definition) is 3. The van der Waals surface area contributed by atoms with Gasteiger partial charge in [0.1, 0.15) is 19.2 Å². The standard InChI is InChI=1S/C18H22O3/c1-15(11-19)16(2)13-21-14-18(12-20)10-6-9-17-7-4-3-5-8-17/h3-5,7-8,11-12,14H,6,9-10,13H2,1-2H3/b16-15?,18-14+. The van der Waals surface area contributed by atoms with Gasteiger partial charge in [-0.3, -0.25) is 9.59 Å². The van der Waals surface area contributed by atoms with Crippen LogP contribution >= 0.6 is 0 Å². The highest BCUT2D eigenvalue weighted by Gasteiger charge is 1.99. The van der Waals surface area contributed by atoms with E-state index in [0.717, 1.165) is 31.0 Å². The molecule has 21 heavy (non-hydrogen) atoms. The third kappa shape index (κ3) is 6.70. The van der Waals surface area contributed by atoms with E-state index < -0.39 is 0 Å². The first-order chi connectivity index (χ1) is 10.2. The Morgan fingerprint density at radius 2 is 1.81 bits per heavy atom. The summed E-state index contributed by atoms with van der Waals surface area (Å²) in [4.78, 5) is 21.6. The lowest BCUT2D eigenvalue weighted by Crippen LogP contribution is -1.96. The summed E-state index contributed by atoms with van der Waals surface area (Å²) in [6.45, 7) is 3.92. The van der Waals surface area contributed by atoms with E-state index >= 15 is 0 Å². The van der Waals surface area contributed by atoms with Gasteiger partial charge in [0.25, 0.3) is 0 Å². The van der Waals surface area contributed by atoms with Gasteiger partial charge in [0.2, 0.25) is 0 Å². The van der Waals surface area contributed by atoms with Crippen molar-refractivity contribution >= 4 is 12.6 Å². The molecule has 0 aliphatic rings. The molecule has 3 nitrogen and oxygen atoms in total. The van der Waals surface area contributed by atoms with Gasteiger partial charge in [-0.25, -0.2) is 0 Å². The molecule has 1 rings (SSSR count). The largest absolute Gasteiger partial charge is 0.496 e. The van der Waals surface area contributed by atoms with Crippen molar-refractivity contribution in [3.8, 4) is 0 Å². The van der Waals surface area contributed by atoms with Gasteiger partial charge in [0, 0.05) is 5.57 Å². The molecule has 0 aromatic heterocycles. The number of aldehydes is 2. The average molecular weight is 286 g/mol. The van der Waals surface area contributed by atoms with E-state index in [1.165, 1.54) is 11.8 Å². The fraction of sp³-hybridized carbons (Fsp3) is 0.333. The number of allylic oxidation sites excluding steroid dienone is 2. The van der Waals surface area contributed by atoms with Crippen LogP contribution in [0.15, 0.2) is 53.3 Å². The Labute approximate surface area is 126 Å². The molecule has 0 saturated heterocycles. The highest BCUT2D eigenvalue weighted by Crippen LogP contribution is 2.09. The van der Waals surface area contributed by atoms with Gasteiger partial charge >= 0.3 is 0 Å². The molecule has 0 radical (unpaired) electrons. The third-order valence-corrected chi connectivity index (χ3v) is 3.31. The van der Waals surface area contributed by atoms with Crippen molar-refractivity contribution in [2.24, 2.45) is 0 Å². The van der Waals surface area contributed by atoms with Crippen LogP contribution in [0.1, 0.15) is 32.3 Å². The van der Waals surface area contributed by atoms with Gasteiger partial charge in [-0.05, 0) is 49.8 Å². The first-order valence-corrected chi connectivity index (χ1v) is 7.08. The molecule has 112 valence electrons. The average Bonchev–Trinajstić information content (AvgIpc) is 2.53. The summed E-state index contributed by atoms with van der Waals surface area (Å²) in [5, 5.41) is 0. The quantitative estimate of drug-likeness (QED) is 0.395. The maximum atomic E-state index is 11.0. The number of carbonyl (C=O) groups is 2. The second-order valence-corrected chi connectivity index (χ2v) is 5.04. The predicted octanol–water partition coefficient (Wildman–Crippen LogP) is 3.64. The number of hydrogen-bond donors (Lipinski definition) is 0. The summed E-state index contributed by atoms with van der Waals surface area (Å²) in [6, 6.07) is 10.2. The monoisotopic (exact) mass is 286 g/mol. The van der Waals surface area contributed by atoms with Crippen molar-refractivity contribution in [3.63, 3.8) is 0 Å². The van der Waals surface area contributed by atoms with Crippen molar-refractivity contribution in [2.75, 3.05) is 6.61 Å². The Hall–Kier alpha value is -2.16. The summed E-state index contributed by atoms with van der Waals surface area (Å²) in [5.41, 5.74) is 3.45. The second-order valence-electron chi connectivity index (χ2n) is 5.04. The predicted molar refractivity (Wildman–Crippen MR) is 83.9 cm³/mol. The molecule has 0 heterocycles. The Kier molecular flexibility index (Phi) is 7.80. The maximum Gasteiger partial charge on any atom is 0.149 e. The van der Waals surface area contributed by atoms with Gasteiger partial charge in [-0.2, -0.15) is 0 Å². The second kappa shape index (κ2) is 9.70. The smallest absolute Gasteiger partial charge is 0.149 e. The molecular formula is C18H22O3. The lowest BCUT2D eigenvalue weighted by molar-refractivity contribution is -0.105. The zero-order valence-electron chi connectivity index (χ0n) is 12.7. The van der Waals surface area contributed by atoms with Crippen LogP contribution in [0.5, 0.6) is 0 Å². The van der Waals surface area contributed by atoms with Crippen LogP contribution in [0.25, 0.3) is 0 Å². The normalized spacial score (nSPS) is 12.6. The summed E-state index contributed by atoms with van der Waals surface area (Å²) < 4.78 is 5.36. The Morgan fingerprint density at radius 3 is 2.43 bits per heavy atom. The first-order valence-electron chi connectivity index (χ1n) is 7.08. The molecule has 0 amide bonds. The molecule has 0 saturated carbocycles. The highest BCUT2D eigenvalue weighted by atomic mass is 16.5. The molecule has 0 aliphatic carbocycles. The van der Waals surface area contributed by atoms with Crippen LogP contribution < -0.4 is 0 Å². The minimum Gasteiger partial charge on any atom is -0.496 e. The minimum atomic E-state index is 0.334. The number of benzene rings is 1. The lowest BCUT2D eigenvalue weighted by Gasteiger charge is -2.05. The lowest BCUT2D eigenvalue weighted by atomic mass is 10.1. The summed E-state index contributed by atoms with van der Waals surface area (Å²) >= 11 is 0. The molecule has 1 aromatic carbocycles. The molecule has 0 aliphatic heterocycles. The van der Waals surface area contributed by atoms with E-state index in [0.29, 0.717) is 24.2 Å². The van der Waals surface area contributed by atoms with Crippen molar-refractivity contribution in [1.29, 1.82) is 0 Å². The van der Waals surface area contributed by atoms with Crippen LogP contribution in [0.4, 0.5) is 0 Å². The van der Waals surface area contributed by atoms with E-state index in [2.05, 4.69) is 12.1 Å². The Morgan fingerprint density at radius 1 is 1.10 bits per heavy atom. The van der Waals surface area contributed by atoms with Crippen LogP contribution in [-0.4, -0.2) is 19.2 Å². The highest BCUT2D eigenvalue weighted by molar-refractivity contribution is 5.73. The molecule has 0 unspecified atom stereocenters. The molecule has 1 aromatic rings. The topological polar surface area (TPSA) is 43.4 Å². The molecular weight excluding hydrogens is 264 g/mol. The van der Waals surface area contributed by atoms with Gasteiger partial charge in [-0.1, -0.05) is 30.3 Å². The fourth-order valence-electron chi connectivity index (χ4n) is 1.78.